The van der Waals surface area contributed by atoms with Gasteiger partial charge in [-0.05, 0) is 52.8 Å². The van der Waals surface area contributed by atoms with Gasteiger partial charge < -0.3 is 10.1 Å². The molecule has 1 atom stereocenters. The van der Waals surface area contributed by atoms with Gasteiger partial charge in [-0.2, -0.15) is 0 Å². The number of methoxy groups -OCH3 is 1. The van der Waals surface area contributed by atoms with E-state index in [4.69, 9.17) is 4.74 Å². The van der Waals surface area contributed by atoms with Crippen molar-refractivity contribution in [3.63, 3.8) is 0 Å². The summed E-state index contributed by atoms with van der Waals surface area (Å²) < 4.78 is 5.27. The maximum Gasteiger partial charge on any atom is 0.224 e. The number of amides is 1. The van der Waals surface area contributed by atoms with Gasteiger partial charge in [0.2, 0.25) is 5.91 Å². The molecule has 1 unspecified atom stereocenters. The van der Waals surface area contributed by atoms with Crippen molar-refractivity contribution in [3.05, 3.63) is 89.5 Å². The van der Waals surface area contributed by atoms with Gasteiger partial charge >= 0.3 is 0 Å². The Hall–Kier alpha value is -3.07. The van der Waals surface area contributed by atoms with E-state index in [-0.39, 0.29) is 17.2 Å². The molecule has 28 heavy (non-hydrogen) atoms. The van der Waals surface area contributed by atoms with Gasteiger partial charge in [0.05, 0.1) is 13.0 Å². The van der Waals surface area contributed by atoms with Crippen LogP contribution in [-0.4, -0.2) is 19.6 Å². The summed E-state index contributed by atoms with van der Waals surface area (Å²) in [6, 6.07) is 25.1. The highest BCUT2D eigenvalue weighted by Crippen LogP contribution is 2.66. The van der Waals surface area contributed by atoms with E-state index in [1.807, 2.05) is 18.2 Å². The summed E-state index contributed by atoms with van der Waals surface area (Å²) in [5, 5.41) is 3.16. The molecule has 1 amide bonds. The van der Waals surface area contributed by atoms with Crippen LogP contribution in [0.25, 0.3) is 11.1 Å². The Morgan fingerprint density at radius 1 is 1.00 bits per heavy atom. The molecule has 1 N–H and O–H groups in total. The van der Waals surface area contributed by atoms with Crippen molar-refractivity contribution in [3.8, 4) is 16.9 Å². The van der Waals surface area contributed by atoms with Gasteiger partial charge in [-0.25, -0.2) is 0 Å². The quantitative estimate of drug-likeness (QED) is 0.726. The third-order valence-corrected chi connectivity index (χ3v) is 6.23. The van der Waals surface area contributed by atoms with E-state index in [1.165, 1.54) is 27.8 Å². The number of rotatable bonds is 5. The van der Waals surface area contributed by atoms with E-state index in [0.29, 0.717) is 6.54 Å². The van der Waals surface area contributed by atoms with Crippen LogP contribution in [0.2, 0.25) is 0 Å². The van der Waals surface area contributed by atoms with Crippen LogP contribution >= 0.6 is 0 Å². The van der Waals surface area contributed by atoms with Crippen molar-refractivity contribution in [1.29, 1.82) is 0 Å². The largest absolute Gasteiger partial charge is 0.497 e. The van der Waals surface area contributed by atoms with Crippen molar-refractivity contribution >= 4 is 5.91 Å². The van der Waals surface area contributed by atoms with Gasteiger partial charge in [-0.1, -0.05) is 60.7 Å². The average molecular weight is 369 g/mol. The molecular formula is C25H23NO2. The van der Waals surface area contributed by atoms with Gasteiger partial charge in [0.25, 0.3) is 0 Å². The lowest BCUT2D eigenvalue weighted by Gasteiger charge is -2.14. The van der Waals surface area contributed by atoms with Crippen molar-refractivity contribution < 1.29 is 9.53 Å². The zero-order chi connectivity index (χ0) is 19.1. The van der Waals surface area contributed by atoms with Crippen molar-refractivity contribution in [2.24, 2.45) is 5.92 Å². The normalized spacial score (nSPS) is 17.7. The fraction of sp³-hybridized carbons (Fsp3) is 0.240. The van der Waals surface area contributed by atoms with E-state index in [0.717, 1.165) is 18.6 Å². The lowest BCUT2D eigenvalue weighted by Crippen LogP contribution is -2.30. The third-order valence-electron chi connectivity index (χ3n) is 6.23. The number of carbonyl (C=O) groups is 1. The molecule has 5 rings (SSSR count). The maximum absolute atomic E-state index is 13.0. The number of ether oxygens (including phenoxy) is 1. The highest BCUT2D eigenvalue weighted by Gasteiger charge is 2.63. The predicted octanol–water partition coefficient (Wildman–Crippen LogP) is 4.34. The fourth-order valence-electron chi connectivity index (χ4n) is 4.82. The van der Waals surface area contributed by atoms with Crippen LogP contribution < -0.4 is 10.1 Å². The molecule has 1 fully saturated rings. The number of fused-ring (bicyclic) bond motifs is 5. The minimum atomic E-state index is -0.132. The van der Waals surface area contributed by atoms with E-state index in [9.17, 15) is 4.79 Å². The molecule has 0 aromatic heterocycles. The first-order valence-electron chi connectivity index (χ1n) is 9.84. The zero-order valence-electron chi connectivity index (χ0n) is 15.9. The third kappa shape index (κ3) is 2.54. The Bertz CT molecular complexity index is 1010. The number of nitrogens with one attached hydrogen (secondary N) is 1. The molecule has 0 aliphatic heterocycles. The standard InChI is InChI=1S/C25H23NO2/c1-28-18-8-6-7-17(15-18)13-14-26-24(27)23-16-25(23)21-11-4-2-9-19(21)20-10-3-5-12-22(20)25/h2-12,15,23H,13-14,16H2,1H3,(H,26,27). The van der Waals surface area contributed by atoms with Gasteiger partial charge in [-0.15, -0.1) is 0 Å². The predicted molar refractivity (Wildman–Crippen MR) is 110 cm³/mol. The molecule has 2 aliphatic rings. The first-order valence-corrected chi connectivity index (χ1v) is 9.84. The molecule has 3 heteroatoms. The monoisotopic (exact) mass is 369 g/mol. The summed E-state index contributed by atoms with van der Waals surface area (Å²) in [7, 11) is 1.67. The van der Waals surface area contributed by atoms with Crippen LogP contribution in [0.3, 0.4) is 0 Å². The van der Waals surface area contributed by atoms with E-state index in [2.05, 4.69) is 59.9 Å². The summed E-state index contributed by atoms with van der Waals surface area (Å²) in [6.07, 6.45) is 1.70. The van der Waals surface area contributed by atoms with Crippen LogP contribution in [0.15, 0.2) is 72.8 Å². The van der Waals surface area contributed by atoms with Gasteiger partial charge in [0.1, 0.15) is 5.75 Å². The summed E-state index contributed by atoms with van der Waals surface area (Å²) in [5.74, 6) is 1.03. The van der Waals surface area contributed by atoms with Crippen molar-refractivity contribution in [2.75, 3.05) is 13.7 Å². The minimum Gasteiger partial charge on any atom is -0.497 e. The van der Waals surface area contributed by atoms with Crippen LogP contribution in [0.4, 0.5) is 0 Å². The Balaban J connectivity index is 1.32. The lowest BCUT2D eigenvalue weighted by atomic mass is 9.90. The number of benzene rings is 3. The summed E-state index contributed by atoms with van der Waals surface area (Å²) in [6.45, 7) is 0.641. The summed E-state index contributed by atoms with van der Waals surface area (Å²) >= 11 is 0. The number of carbonyl (C=O) groups excluding carboxylic acids is 1. The maximum atomic E-state index is 13.0. The molecule has 3 nitrogen and oxygen atoms in total. The van der Waals surface area contributed by atoms with E-state index in [1.54, 1.807) is 7.11 Å². The average Bonchev–Trinajstić information content (AvgIpc) is 3.44. The zero-order valence-corrected chi connectivity index (χ0v) is 15.9. The number of hydrogen-bond acceptors (Lipinski definition) is 2. The highest BCUT2D eigenvalue weighted by atomic mass is 16.5. The second kappa shape index (κ2) is 6.52. The number of hydrogen-bond donors (Lipinski definition) is 1. The first-order chi connectivity index (χ1) is 13.7. The molecule has 0 bridgehead atoms. The van der Waals surface area contributed by atoms with Crippen LogP contribution in [0.1, 0.15) is 23.1 Å². The summed E-state index contributed by atoms with van der Waals surface area (Å²) in [4.78, 5) is 13.0. The lowest BCUT2D eigenvalue weighted by molar-refractivity contribution is -0.122. The Morgan fingerprint density at radius 3 is 2.36 bits per heavy atom. The second-order valence-electron chi connectivity index (χ2n) is 7.71. The second-order valence-corrected chi connectivity index (χ2v) is 7.71. The topological polar surface area (TPSA) is 38.3 Å². The summed E-state index contributed by atoms with van der Waals surface area (Å²) in [5.41, 5.74) is 6.22. The Kier molecular flexibility index (Phi) is 3.97. The van der Waals surface area contributed by atoms with E-state index >= 15 is 0 Å². The molecule has 0 radical (unpaired) electrons. The SMILES string of the molecule is COc1cccc(CCNC(=O)C2CC23c2ccccc2-c2ccccc23)c1. The minimum absolute atomic E-state index is 0.0163. The van der Waals surface area contributed by atoms with Gasteiger partial charge in [0.15, 0.2) is 0 Å². The smallest absolute Gasteiger partial charge is 0.224 e. The fourth-order valence-corrected chi connectivity index (χ4v) is 4.82. The van der Waals surface area contributed by atoms with Crippen LogP contribution in [-0.2, 0) is 16.6 Å². The molecule has 0 saturated heterocycles. The Labute approximate surface area is 165 Å². The van der Waals surface area contributed by atoms with E-state index < -0.39 is 0 Å². The van der Waals surface area contributed by atoms with Crippen molar-refractivity contribution in [1.82, 2.24) is 5.32 Å². The molecule has 3 aromatic carbocycles. The van der Waals surface area contributed by atoms with Crippen LogP contribution in [0, 0.1) is 5.92 Å². The molecular weight excluding hydrogens is 346 g/mol. The van der Waals surface area contributed by atoms with Gasteiger partial charge in [-0.3, -0.25) is 4.79 Å². The molecule has 140 valence electrons. The molecule has 3 aromatic rings. The Morgan fingerprint density at radius 2 is 1.68 bits per heavy atom. The molecule has 1 saturated carbocycles. The van der Waals surface area contributed by atoms with Crippen LogP contribution in [0.5, 0.6) is 5.75 Å². The van der Waals surface area contributed by atoms with Gasteiger partial charge in [0, 0.05) is 12.0 Å². The molecule has 0 heterocycles. The molecule has 1 spiro atoms. The first kappa shape index (κ1) is 17.1. The highest BCUT2D eigenvalue weighted by molar-refractivity contribution is 5.92. The van der Waals surface area contributed by atoms with Crippen molar-refractivity contribution in [2.45, 2.75) is 18.3 Å². The molecule has 2 aliphatic carbocycles.